The van der Waals surface area contributed by atoms with Gasteiger partial charge in [-0.3, -0.25) is 25.2 Å². The van der Waals surface area contributed by atoms with Crippen molar-refractivity contribution in [2.75, 3.05) is 0 Å². The quantitative estimate of drug-likeness (QED) is 0.268. The molecular weight excluding hydrogens is 400 g/mol. The van der Waals surface area contributed by atoms with Crippen LogP contribution in [0, 0.1) is 13.8 Å². The smallest absolute Gasteiger partial charge is 0.310 e. The minimum absolute atomic E-state index is 0.290. The van der Waals surface area contributed by atoms with Gasteiger partial charge in [-0.1, -0.05) is 48.5 Å². The second kappa shape index (κ2) is 7.92. The van der Waals surface area contributed by atoms with Gasteiger partial charge >= 0.3 is 5.91 Å². The Morgan fingerprint density at radius 1 is 0.933 bits per heavy atom. The molecule has 2 aromatic carbocycles. The Kier molecular flexibility index (Phi) is 5.16. The fourth-order valence-electron chi connectivity index (χ4n) is 3.22. The second-order valence-corrected chi connectivity index (χ2v) is 7.71. The lowest BCUT2D eigenvalue weighted by atomic mass is 10.1. The maximum atomic E-state index is 12.7. The lowest BCUT2D eigenvalue weighted by Crippen LogP contribution is -2.45. The van der Waals surface area contributed by atoms with Crippen molar-refractivity contribution < 1.29 is 14.4 Å². The molecule has 4 aromatic rings. The summed E-state index contributed by atoms with van der Waals surface area (Å²) >= 11 is 1.22. The normalized spacial score (nSPS) is 10.7. The average Bonchev–Trinajstić information content (AvgIpc) is 3.31. The minimum Gasteiger partial charge on any atom is -0.358 e. The highest BCUT2D eigenvalue weighted by molar-refractivity contribution is 7.17. The number of benzene rings is 2. The lowest BCUT2D eigenvalue weighted by Gasteiger charge is -2.06. The lowest BCUT2D eigenvalue weighted by molar-refractivity contribution is -0.117. The van der Waals surface area contributed by atoms with Gasteiger partial charge in [0.25, 0.3) is 11.7 Å². The number of nitrogens with one attached hydrogen (secondary N) is 3. The second-order valence-electron chi connectivity index (χ2n) is 6.71. The monoisotopic (exact) mass is 418 g/mol. The van der Waals surface area contributed by atoms with Gasteiger partial charge in [-0.2, -0.15) is 0 Å². The van der Waals surface area contributed by atoms with Crippen LogP contribution in [0.25, 0.3) is 21.5 Å². The first kappa shape index (κ1) is 19.5. The molecule has 0 atom stereocenters. The average molecular weight is 418 g/mol. The highest BCUT2D eigenvalue weighted by Crippen LogP contribution is 2.27. The summed E-state index contributed by atoms with van der Waals surface area (Å²) in [4.78, 5) is 45.4. The molecule has 0 bridgehead atoms. The topological polar surface area (TPSA) is 104 Å². The molecule has 150 valence electrons. The third-order valence-corrected chi connectivity index (χ3v) is 5.85. The standard InChI is InChI=1S/C22H18N4O3S/c1-12-17(15-10-6-7-11-16(15)23-12)18(27)20(28)25-26-21(29)19-13(2)24-22(30-19)14-8-4-3-5-9-14/h3-11,23H,1-2H3,(H,25,28)(H,26,29). The first-order valence-corrected chi connectivity index (χ1v) is 10.0. The van der Waals surface area contributed by atoms with Crippen molar-refractivity contribution in [1.29, 1.82) is 0 Å². The first-order valence-electron chi connectivity index (χ1n) is 9.21. The van der Waals surface area contributed by atoms with Crippen LogP contribution >= 0.6 is 11.3 Å². The molecule has 0 saturated heterocycles. The molecule has 2 heterocycles. The van der Waals surface area contributed by atoms with Crippen molar-refractivity contribution in [3.8, 4) is 10.6 Å². The Morgan fingerprint density at radius 3 is 2.40 bits per heavy atom. The van der Waals surface area contributed by atoms with Crippen LogP contribution in [0.1, 0.15) is 31.4 Å². The number of fused-ring (bicyclic) bond motifs is 1. The van der Waals surface area contributed by atoms with E-state index in [4.69, 9.17) is 0 Å². The van der Waals surface area contributed by atoms with E-state index in [9.17, 15) is 14.4 Å². The number of thiazole rings is 1. The molecule has 0 aliphatic carbocycles. The van der Waals surface area contributed by atoms with E-state index in [0.29, 0.717) is 26.7 Å². The molecule has 2 aromatic heterocycles. The number of aryl methyl sites for hydroxylation is 2. The zero-order valence-electron chi connectivity index (χ0n) is 16.3. The zero-order chi connectivity index (χ0) is 21.3. The van der Waals surface area contributed by atoms with Gasteiger partial charge in [-0.15, -0.1) is 11.3 Å². The Bertz CT molecular complexity index is 1270. The summed E-state index contributed by atoms with van der Waals surface area (Å²) in [5.74, 6) is -2.16. The minimum atomic E-state index is -0.915. The van der Waals surface area contributed by atoms with E-state index in [1.54, 1.807) is 26.0 Å². The van der Waals surface area contributed by atoms with Crippen LogP contribution in [-0.4, -0.2) is 27.6 Å². The maximum Gasteiger partial charge on any atom is 0.310 e. The van der Waals surface area contributed by atoms with E-state index in [-0.39, 0.29) is 5.56 Å². The fourth-order valence-corrected chi connectivity index (χ4v) is 4.19. The van der Waals surface area contributed by atoms with E-state index in [1.807, 2.05) is 42.5 Å². The molecule has 7 nitrogen and oxygen atoms in total. The van der Waals surface area contributed by atoms with Crippen LogP contribution < -0.4 is 10.9 Å². The summed E-state index contributed by atoms with van der Waals surface area (Å²) in [6, 6.07) is 16.7. The largest absolute Gasteiger partial charge is 0.358 e. The molecule has 2 amide bonds. The predicted octanol–water partition coefficient (Wildman–Crippen LogP) is 3.55. The number of carbonyl (C=O) groups is 3. The highest BCUT2D eigenvalue weighted by atomic mass is 32.1. The number of para-hydroxylation sites is 1. The summed E-state index contributed by atoms with van der Waals surface area (Å²) in [6.45, 7) is 3.45. The third-order valence-electron chi connectivity index (χ3n) is 4.64. The zero-order valence-corrected chi connectivity index (χ0v) is 17.1. The van der Waals surface area contributed by atoms with E-state index in [2.05, 4.69) is 20.8 Å². The van der Waals surface area contributed by atoms with Gasteiger partial charge in [0, 0.05) is 22.2 Å². The first-order chi connectivity index (χ1) is 14.5. The molecule has 0 aliphatic heterocycles. The fraction of sp³-hybridized carbons (Fsp3) is 0.0909. The van der Waals surface area contributed by atoms with Crippen molar-refractivity contribution >= 4 is 39.8 Å². The molecule has 0 saturated carbocycles. The summed E-state index contributed by atoms with van der Waals surface area (Å²) in [6.07, 6.45) is 0. The van der Waals surface area contributed by atoms with Crippen LogP contribution in [0.4, 0.5) is 0 Å². The number of H-pyrrole nitrogens is 1. The van der Waals surface area contributed by atoms with E-state index >= 15 is 0 Å². The van der Waals surface area contributed by atoms with Crippen LogP contribution in [-0.2, 0) is 4.79 Å². The Balaban J connectivity index is 1.47. The molecule has 4 rings (SSSR count). The van der Waals surface area contributed by atoms with Crippen molar-refractivity contribution in [3.05, 3.63) is 76.4 Å². The molecule has 30 heavy (non-hydrogen) atoms. The van der Waals surface area contributed by atoms with Crippen LogP contribution in [0.5, 0.6) is 0 Å². The number of Topliss-reactive ketones (excluding diaryl/α,β-unsaturated/α-hetero) is 1. The number of aromatic amines is 1. The van der Waals surface area contributed by atoms with Crippen LogP contribution in [0.2, 0.25) is 0 Å². The number of nitrogens with zero attached hydrogens (tertiary/aromatic N) is 1. The molecule has 0 fully saturated rings. The summed E-state index contributed by atoms with van der Waals surface area (Å²) in [7, 11) is 0. The molecule has 0 aliphatic rings. The number of aromatic nitrogens is 2. The molecule has 3 N–H and O–H groups in total. The Morgan fingerprint density at radius 2 is 1.63 bits per heavy atom. The molecule has 0 radical (unpaired) electrons. The van der Waals surface area contributed by atoms with Crippen LogP contribution in [0.15, 0.2) is 54.6 Å². The number of carbonyl (C=O) groups excluding carboxylic acids is 3. The maximum absolute atomic E-state index is 12.7. The number of rotatable bonds is 4. The van der Waals surface area contributed by atoms with Gasteiger partial charge in [0.1, 0.15) is 9.88 Å². The number of hydrazine groups is 1. The number of hydrogen-bond donors (Lipinski definition) is 3. The van der Waals surface area contributed by atoms with Crippen molar-refractivity contribution in [1.82, 2.24) is 20.8 Å². The highest BCUT2D eigenvalue weighted by Gasteiger charge is 2.24. The molecule has 0 unspecified atom stereocenters. The van der Waals surface area contributed by atoms with Crippen molar-refractivity contribution in [2.45, 2.75) is 13.8 Å². The van der Waals surface area contributed by atoms with E-state index < -0.39 is 17.6 Å². The van der Waals surface area contributed by atoms with E-state index in [1.165, 1.54) is 11.3 Å². The summed E-state index contributed by atoms with van der Waals surface area (Å²) in [5.41, 5.74) is 7.63. The van der Waals surface area contributed by atoms with Gasteiger partial charge in [0.2, 0.25) is 0 Å². The van der Waals surface area contributed by atoms with Crippen molar-refractivity contribution in [3.63, 3.8) is 0 Å². The number of amides is 2. The third kappa shape index (κ3) is 3.60. The molecule has 8 heteroatoms. The Hall–Kier alpha value is -3.78. The Labute approximate surface area is 176 Å². The van der Waals surface area contributed by atoms with Crippen molar-refractivity contribution in [2.24, 2.45) is 0 Å². The van der Waals surface area contributed by atoms with E-state index in [0.717, 1.165) is 11.1 Å². The van der Waals surface area contributed by atoms with Gasteiger partial charge < -0.3 is 4.98 Å². The molecular formula is C22H18N4O3S. The molecule has 0 spiro atoms. The van der Waals surface area contributed by atoms with Gasteiger partial charge in [-0.05, 0) is 19.9 Å². The van der Waals surface area contributed by atoms with Gasteiger partial charge in [-0.25, -0.2) is 4.98 Å². The number of hydrogen-bond acceptors (Lipinski definition) is 5. The summed E-state index contributed by atoms with van der Waals surface area (Å²) < 4.78 is 0. The van der Waals surface area contributed by atoms with Gasteiger partial charge in [0.15, 0.2) is 0 Å². The SMILES string of the molecule is Cc1nc(-c2ccccc2)sc1C(=O)NNC(=O)C(=O)c1c(C)[nH]c2ccccc12. The van der Waals surface area contributed by atoms with Crippen LogP contribution in [0.3, 0.4) is 0 Å². The summed E-state index contributed by atoms with van der Waals surface area (Å²) in [5, 5.41) is 1.36. The predicted molar refractivity (Wildman–Crippen MR) is 115 cm³/mol. The van der Waals surface area contributed by atoms with Gasteiger partial charge in [0.05, 0.1) is 11.3 Å². The number of ketones is 1.